The lowest BCUT2D eigenvalue weighted by atomic mass is 10.0. The van der Waals surface area contributed by atoms with Gasteiger partial charge in [0.25, 0.3) is 5.91 Å². The Morgan fingerprint density at radius 3 is 2.86 bits per heavy atom. The van der Waals surface area contributed by atoms with Gasteiger partial charge >= 0.3 is 0 Å². The minimum Gasteiger partial charge on any atom is -0.399 e. The van der Waals surface area contributed by atoms with Crippen molar-refractivity contribution in [1.29, 1.82) is 0 Å². The lowest BCUT2D eigenvalue weighted by Crippen LogP contribution is -2.45. The number of amides is 1. The van der Waals surface area contributed by atoms with Gasteiger partial charge in [-0.25, -0.2) is 4.98 Å². The smallest absolute Gasteiger partial charge is 0.253 e. The number of nitrogen functional groups attached to an aromatic ring is 1. The third-order valence-electron chi connectivity index (χ3n) is 5.48. The average Bonchev–Trinajstić information content (AvgIpc) is 3.20. The van der Waals surface area contributed by atoms with Crippen LogP contribution in [0.25, 0.3) is 0 Å². The molecular weight excluding hydrogens is 404 g/mol. The summed E-state index contributed by atoms with van der Waals surface area (Å²) < 4.78 is 6.69. The van der Waals surface area contributed by atoms with E-state index in [1.54, 1.807) is 35.6 Å². The summed E-state index contributed by atoms with van der Waals surface area (Å²) in [6.07, 6.45) is 6.34. The van der Waals surface area contributed by atoms with E-state index >= 15 is 0 Å². The number of rotatable bonds is 6. The first-order chi connectivity index (χ1) is 14.2. The number of carbonyl (C=O) groups excluding carboxylic acids is 1. The molecule has 0 bridgehead atoms. The predicted octanol–water partition coefficient (Wildman–Crippen LogP) is 3.96. The largest absolute Gasteiger partial charge is 0.399 e. The van der Waals surface area contributed by atoms with Gasteiger partial charge in [-0.3, -0.25) is 4.79 Å². The molecule has 1 aromatic carbocycles. The number of hydrogen-bond acceptors (Lipinski definition) is 7. The molecule has 4 rings (SSSR count). The molecule has 2 aliphatic heterocycles. The summed E-state index contributed by atoms with van der Waals surface area (Å²) in [5.74, 6) is 1.96. The van der Waals surface area contributed by atoms with Crippen molar-refractivity contribution >= 4 is 39.8 Å². The Hall–Kier alpha value is -1.77. The number of nitrogens with one attached hydrogen (secondary N) is 1. The van der Waals surface area contributed by atoms with E-state index in [1.165, 1.54) is 4.21 Å². The molecule has 3 heterocycles. The van der Waals surface area contributed by atoms with E-state index in [9.17, 15) is 4.79 Å². The van der Waals surface area contributed by atoms with Crippen LogP contribution in [0.1, 0.15) is 36.0 Å². The first-order valence-electron chi connectivity index (χ1n) is 10.2. The van der Waals surface area contributed by atoms with Crippen molar-refractivity contribution in [1.82, 2.24) is 9.88 Å². The van der Waals surface area contributed by atoms with Crippen molar-refractivity contribution in [2.75, 3.05) is 43.1 Å². The van der Waals surface area contributed by atoms with E-state index in [4.69, 9.17) is 10.5 Å². The summed E-state index contributed by atoms with van der Waals surface area (Å²) in [6, 6.07) is 7.40. The van der Waals surface area contributed by atoms with Crippen molar-refractivity contribution in [2.24, 2.45) is 5.92 Å². The van der Waals surface area contributed by atoms with Crippen LogP contribution < -0.4 is 11.1 Å². The first kappa shape index (κ1) is 20.5. The Labute approximate surface area is 180 Å². The zero-order chi connectivity index (χ0) is 20.1. The maximum Gasteiger partial charge on any atom is 0.253 e. The maximum atomic E-state index is 12.8. The number of nitrogens with zero attached hydrogens (tertiary/aromatic N) is 2. The lowest BCUT2D eigenvalue weighted by molar-refractivity contribution is 0.0714. The van der Waals surface area contributed by atoms with Crippen molar-refractivity contribution < 1.29 is 9.53 Å². The molecule has 2 aliphatic rings. The number of benzene rings is 1. The number of hydrogen-bond donors (Lipinski definition) is 2. The van der Waals surface area contributed by atoms with Gasteiger partial charge in [-0.1, -0.05) is 11.3 Å². The summed E-state index contributed by atoms with van der Waals surface area (Å²) in [4.78, 5) is 19.3. The van der Waals surface area contributed by atoms with Crippen LogP contribution in [-0.4, -0.2) is 53.9 Å². The second-order valence-electron chi connectivity index (χ2n) is 7.71. The summed E-state index contributed by atoms with van der Waals surface area (Å²) in [7, 11) is 0. The fraction of sp³-hybridized carbons (Fsp3) is 0.524. The van der Waals surface area contributed by atoms with Gasteiger partial charge in [0.15, 0.2) is 5.13 Å². The van der Waals surface area contributed by atoms with Crippen molar-refractivity contribution in [3.63, 3.8) is 0 Å². The van der Waals surface area contributed by atoms with E-state index in [0.717, 1.165) is 62.2 Å². The van der Waals surface area contributed by atoms with Gasteiger partial charge in [-0.05, 0) is 55.9 Å². The third kappa shape index (κ3) is 5.65. The Morgan fingerprint density at radius 1 is 1.28 bits per heavy atom. The number of likely N-dealkylation sites (tertiary alicyclic amines) is 1. The molecule has 2 aromatic rings. The molecule has 1 atom stereocenters. The molecule has 0 aliphatic carbocycles. The van der Waals surface area contributed by atoms with E-state index in [2.05, 4.69) is 10.3 Å². The van der Waals surface area contributed by atoms with Gasteiger partial charge in [0, 0.05) is 49.3 Å². The number of anilines is 2. The molecule has 156 valence electrons. The molecule has 0 radical (unpaired) electrons. The van der Waals surface area contributed by atoms with Crippen LogP contribution in [0.2, 0.25) is 0 Å². The van der Waals surface area contributed by atoms with E-state index in [0.29, 0.717) is 17.8 Å². The summed E-state index contributed by atoms with van der Waals surface area (Å²) in [5.41, 5.74) is 7.10. The maximum absolute atomic E-state index is 12.8. The SMILES string of the molecule is Nc1ccc(C(=O)N2CCC[C@@H](Nc3ncc(SCC4CCOCC4)s3)C2)cc1. The second kappa shape index (κ2) is 9.82. The highest BCUT2D eigenvalue weighted by molar-refractivity contribution is 8.01. The average molecular weight is 433 g/mol. The van der Waals surface area contributed by atoms with Crippen molar-refractivity contribution in [2.45, 2.75) is 35.9 Å². The van der Waals surface area contributed by atoms with Gasteiger partial charge in [0.1, 0.15) is 0 Å². The van der Waals surface area contributed by atoms with Crippen LogP contribution in [-0.2, 0) is 4.74 Å². The minimum absolute atomic E-state index is 0.0725. The molecule has 6 nitrogen and oxygen atoms in total. The number of aromatic nitrogens is 1. The second-order valence-corrected chi connectivity index (χ2v) is 10.1. The predicted molar refractivity (Wildman–Crippen MR) is 120 cm³/mol. The van der Waals surface area contributed by atoms with Gasteiger partial charge < -0.3 is 20.7 Å². The lowest BCUT2D eigenvalue weighted by Gasteiger charge is -2.33. The van der Waals surface area contributed by atoms with Gasteiger partial charge in [0.2, 0.25) is 0 Å². The molecule has 0 spiro atoms. The Bertz CT molecular complexity index is 805. The van der Waals surface area contributed by atoms with Gasteiger partial charge in [-0.2, -0.15) is 0 Å². The molecule has 8 heteroatoms. The van der Waals surface area contributed by atoms with Crippen LogP contribution in [0.5, 0.6) is 0 Å². The van der Waals surface area contributed by atoms with Crippen molar-refractivity contribution in [3.8, 4) is 0 Å². The number of carbonyl (C=O) groups is 1. The van der Waals surface area contributed by atoms with Crippen LogP contribution in [0.4, 0.5) is 10.8 Å². The number of ether oxygens (including phenoxy) is 1. The summed E-state index contributed by atoms with van der Waals surface area (Å²) >= 11 is 3.61. The molecule has 3 N–H and O–H groups in total. The highest BCUT2D eigenvalue weighted by Gasteiger charge is 2.25. The third-order valence-corrected chi connectivity index (χ3v) is 7.84. The van der Waals surface area contributed by atoms with E-state index < -0.39 is 0 Å². The summed E-state index contributed by atoms with van der Waals surface area (Å²) in [5, 5.41) is 4.50. The monoisotopic (exact) mass is 432 g/mol. The molecule has 1 aromatic heterocycles. The number of nitrogens with two attached hydrogens (primary N) is 1. The van der Waals surface area contributed by atoms with Gasteiger partial charge in [-0.15, -0.1) is 11.8 Å². The summed E-state index contributed by atoms with van der Waals surface area (Å²) in [6.45, 7) is 3.29. The van der Waals surface area contributed by atoms with E-state index in [-0.39, 0.29) is 11.9 Å². The van der Waals surface area contributed by atoms with Crippen LogP contribution >= 0.6 is 23.1 Å². The van der Waals surface area contributed by atoms with Crippen LogP contribution in [0, 0.1) is 5.92 Å². The number of piperidine rings is 1. The van der Waals surface area contributed by atoms with Crippen LogP contribution in [0.3, 0.4) is 0 Å². The molecule has 0 unspecified atom stereocenters. The Morgan fingerprint density at radius 2 is 2.07 bits per heavy atom. The number of thioether (sulfide) groups is 1. The Balaban J connectivity index is 1.28. The zero-order valence-corrected chi connectivity index (χ0v) is 18.1. The topological polar surface area (TPSA) is 80.5 Å². The molecule has 0 saturated carbocycles. The van der Waals surface area contributed by atoms with Crippen molar-refractivity contribution in [3.05, 3.63) is 36.0 Å². The fourth-order valence-electron chi connectivity index (χ4n) is 3.77. The minimum atomic E-state index is 0.0725. The fourth-order valence-corrected chi connectivity index (χ4v) is 5.93. The molecule has 2 saturated heterocycles. The standard InChI is InChI=1S/C21H28N4O2S2/c22-17-5-3-16(4-6-17)20(26)25-9-1-2-18(13-25)24-21-23-12-19(29-21)28-14-15-7-10-27-11-8-15/h3-6,12,15,18H,1-2,7-11,13-14,22H2,(H,23,24)/t18-/m1/s1. The van der Waals surface area contributed by atoms with Gasteiger partial charge in [0.05, 0.1) is 10.4 Å². The first-order valence-corrected chi connectivity index (χ1v) is 12.1. The molecule has 29 heavy (non-hydrogen) atoms. The number of thiazole rings is 1. The highest BCUT2D eigenvalue weighted by atomic mass is 32.2. The Kier molecular flexibility index (Phi) is 6.94. The normalized spacial score (nSPS) is 20.6. The molecule has 2 fully saturated rings. The quantitative estimate of drug-likeness (QED) is 0.531. The molecular formula is C21H28N4O2S2. The molecule has 1 amide bonds. The highest BCUT2D eigenvalue weighted by Crippen LogP contribution is 2.32. The zero-order valence-electron chi connectivity index (χ0n) is 16.5. The van der Waals surface area contributed by atoms with Crippen LogP contribution in [0.15, 0.2) is 34.7 Å². The van der Waals surface area contributed by atoms with E-state index in [1.807, 2.05) is 22.9 Å².